The summed E-state index contributed by atoms with van der Waals surface area (Å²) in [5.74, 6) is 1.42. The van der Waals surface area contributed by atoms with Gasteiger partial charge in [-0.05, 0) is 48.8 Å². The normalized spacial score (nSPS) is 15.5. The highest BCUT2D eigenvalue weighted by Crippen LogP contribution is 2.38. The van der Waals surface area contributed by atoms with Crippen molar-refractivity contribution in [2.24, 2.45) is 10.4 Å². The van der Waals surface area contributed by atoms with E-state index in [0.29, 0.717) is 19.0 Å². The number of guanidine groups is 1. The summed E-state index contributed by atoms with van der Waals surface area (Å²) in [7, 11) is 0. The van der Waals surface area contributed by atoms with Crippen LogP contribution in [0.25, 0.3) is 0 Å². The van der Waals surface area contributed by atoms with Gasteiger partial charge in [0.2, 0.25) is 5.88 Å². The third-order valence-electron chi connectivity index (χ3n) is 5.98. The van der Waals surface area contributed by atoms with Gasteiger partial charge in [-0.2, -0.15) is 0 Å². The zero-order valence-electron chi connectivity index (χ0n) is 19.1. The number of hydrogen-bond donors (Lipinski definition) is 3. The Hall–Kier alpha value is -1.87. The summed E-state index contributed by atoms with van der Waals surface area (Å²) in [6.07, 6.45) is 8.77. The molecule has 1 fully saturated rings. The van der Waals surface area contributed by atoms with E-state index in [1.54, 1.807) is 6.20 Å². The van der Waals surface area contributed by atoms with Gasteiger partial charge in [0, 0.05) is 32.0 Å². The molecule has 176 valence electrons. The van der Waals surface area contributed by atoms with Crippen LogP contribution in [0, 0.1) is 5.41 Å². The van der Waals surface area contributed by atoms with Gasteiger partial charge in [0.05, 0.1) is 6.54 Å². The van der Waals surface area contributed by atoms with E-state index in [4.69, 9.17) is 9.73 Å². The number of aliphatic hydroxyl groups excluding tert-OH is 1. The third-order valence-corrected chi connectivity index (χ3v) is 5.98. The number of rotatable bonds is 10. The molecule has 1 saturated carbocycles. The third kappa shape index (κ3) is 8.58. The molecule has 0 saturated heterocycles. The quantitative estimate of drug-likeness (QED) is 0.227. The zero-order chi connectivity index (χ0) is 21.8. The van der Waals surface area contributed by atoms with Crippen LogP contribution in [0.1, 0.15) is 56.6 Å². The lowest BCUT2D eigenvalue weighted by molar-refractivity contribution is 0.131. The van der Waals surface area contributed by atoms with E-state index >= 15 is 0 Å². The Morgan fingerprint density at radius 2 is 1.88 bits per heavy atom. The lowest BCUT2D eigenvalue weighted by Crippen LogP contribution is -2.44. The van der Waals surface area contributed by atoms with E-state index in [9.17, 15) is 5.11 Å². The van der Waals surface area contributed by atoms with Crippen molar-refractivity contribution in [2.45, 2.75) is 58.6 Å². The number of aliphatic hydroxyl groups is 1. The predicted octanol–water partition coefficient (Wildman–Crippen LogP) is 4.67. The largest absolute Gasteiger partial charge is 0.473 e. The molecule has 1 aromatic heterocycles. The van der Waals surface area contributed by atoms with Crippen molar-refractivity contribution in [2.75, 3.05) is 19.7 Å². The molecule has 1 aromatic carbocycles. The summed E-state index contributed by atoms with van der Waals surface area (Å²) in [5.41, 5.74) is 2.35. The van der Waals surface area contributed by atoms with Crippen molar-refractivity contribution in [3.8, 4) is 5.88 Å². The number of aliphatic imine (C=N–C) groups is 1. The Balaban J connectivity index is 0.00000363. The molecule has 0 atom stereocenters. The van der Waals surface area contributed by atoms with Crippen LogP contribution in [0.3, 0.4) is 0 Å². The molecule has 0 radical (unpaired) electrons. The molecule has 0 amide bonds. The number of aromatic nitrogens is 1. The zero-order valence-corrected chi connectivity index (χ0v) is 21.4. The van der Waals surface area contributed by atoms with Crippen molar-refractivity contribution in [1.82, 2.24) is 15.6 Å². The summed E-state index contributed by atoms with van der Waals surface area (Å²) < 4.78 is 5.84. The number of benzene rings is 1. The maximum atomic E-state index is 9.56. The van der Waals surface area contributed by atoms with Crippen LogP contribution in [-0.4, -0.2) is 35.7 Å². The molecule has 1 heterocycles. The van der Waals surface area contributed by atoms with Gasteiger partial charge < -0.3 is 20.5 Å². The summed E-state index contributed by atoms with van der Waals surface area (Å²) in [6, 6.07) is 14.0. The molecule has 0 aliphatic heterocycles. The molecule has 0 unspecified atom stereocenters. The number of nitrogens with one attached hydrogen (secondary N) is 2. The van der Waals surface area contributed by atoms with Gasteiger partial charge in [-0.25, -0.2) is 9.98 Å². The molecule has 6 nitrogen and oxygen atoms in total. The standard InChI is InChI=1S/C25H36N4O2.HI/c1-2-26-24(29-20-25(14-16-30)12-7-4-8-13-25)28-18-22-11-15-27-23(17-22)31-19-21-9-5-3-6-10-21;/h3,5-6,9-11,15,17,30H,2,4,7-8,12-14,16,18-20H2,1H3,(H2,26,28,29);1H. The Bertz CT molecular complexity index is 805. The van der Waals surface area contributed by atoms with Crippen LogP contribution in [0.4, 0.5) is 0 Å². The fourth-order valence-electron chi connectivity index (χ4n) is 4.20. The minimum absolute atomic E-state index is 0. The summed E-state index contributed by atoms with van der Waals surface area (Å²) in [6.45, 7) is 5.02. The Labute approximate surface area is 209 Å². The predicted molar refractivity (Wildman–Crippen MR) is 140 cm³/mol. The number of nitrogens with zero attached hydrogens (tertiary/aromatic N) is 2. The van der Waals surface area contributed by atoms with Crippen molar-refractivity contribution in [3.05, 3.63) is 59.8 Å². The first-order valence-electron chi connectivity index (χ1n) is 11.5. The topological polar surface area (TPSA) is 78.8 Å². The Morgan fingerprint density at radius 1 is 1.09 bits per heavy atom. The summed E-state index contributed by atoms with van der Waals surface area (Å²) in [5, 5.41) is 16.4. The lowest BCUT2D eigenvalue weighted by Gasteiger charge is -2.37. The fourth-order valence-corrected chi connectivity index (χ4v) is 4.20. The molecule has 1 aliphatic rings. The van der Waals surface area contributed by atoms with E-state index < -0.39 is 0 Å². The van der Waals surface area contributed by atoms with Crippen LogP contribution < -0.4 is 15.4 Å². The van der Waals surface area contributed by atoms with Gasteiger partial charge in [0.1, 0.15) is 6.61 Å². The van der Waals surface area contributed by atoms with Gasteiger partial charge in [-0.1, -0.05) is 49.6 Å². The first-order valence-corrected chi connectivity index (χ1v) is 11.5. The average molecular weight is 553 g/mol. The van der Waals surface area contributed by atoms with Crippen LogP contribution in [0.15, 0.2) is 53.7 Å². The fraction of sp³-hybridized carbons (Fsp3) is 0.520. The molecule has 1 aliphatic carbocycles. The second-order valence-electron chi connectivity index (χ2n) is 8.36. The second kappa shape index (κ2) is 14.3. The molecule has 3 N–H and O–H groups in total. The van der Waals surface area contributed by atoms with E-state index in [1.807, 2.05) is 42.5 Å². The van der Waals surface area contributed by atoms with Crippen LogP contribution in [0.2, 0.25) is 0 Å². The first kappa shape index (κ1) is 26.4. The van der Waals surface area contributed by atoms with Crippen LogP contribution >= 0.6 is 24.0 Å². The molecular weight excluding hydrogens is 515 g/mol. The molecule has 2 aromatic rings. The second-order valence-corrected chi connectivity index (χ2v) is 8.36. The summed E-state index contributed by atoms with van der Waals surface area (Å²) >= 11 is 0. The number of pyridine rings is 1. The van der Waals surface area contributed by atoms with Gasteiger partial charge >= 0.3 is 0 Å². The highest BCUT2D eigenvalue weighted by Gasteiger charge is 2.31. The summed E-state index contributed by atoms with van der Waals surface area (Å²) in [4.78, 5) is 9.09. The average Bonchev–Trinajstić information content (AvgIpc) is 2.81. The molecule has 7 heteroatoms. The van der Waals surface area contributed by atoms with Crippen molar-refractivity contribution in [1.29, 1.82) is 0 Å². The van der Waals surface area contributed by atoms with E-state index in [2.05, 4.69) is 22.5 Å². The maximum Gasteiger partial charge on any atom is 0.213 e. The maximum absolute atomic E-state index is 9.56. The monoisotopic (exact) mass is 552 g/mol. The van der Waals surface area contributed by atoms with Gasteiger partial charge in [0.25, 0.3) is 0 Å². The van der Waals surface area contributed by atoms with E-state index in [-0.39, 0.29) is 36.0 Å². The van der Waals surface area contributed by atoms with Gasteiger partial charge in [-0.15, -0.1) is 24.0 Å². The molecule has 32 heavy (non-hydrogen) atoms. The smallest absolute Gasteiger partial charge is 0.213 e. The highest BCUT2D eigenvalue weighted by atomic mass is 127. The number of halogens is 1. The minimum Gasteiger partial charge on any atom is -0.473 e. The van der Waals surface area contributed by atoms with Crippen LogP contribution in [0.5, 0.6) is 5.88 Å². The van der Waals surface area contributed by atoms with Crippen molar-refractivity contribution < 1.29 is 9.84 Å². The SMILES string of the molecule is CCNC(=NCc1ccnc(OCc2ccccc2)c1)NCC1(CCO)CCCCC1.I. The number of ether oxygens (including phenoxy) is 1. The Morgan fingerprint density at radius 3 is 2.59 bits per heavy atom. The minimum atomic E-state index is 0. The number of hydrogen-bond acceptors (Lipinski definition) is 4. The van der Waals surface area contributed by atoms with E-state index in [1.165, 1.54) is 32.1 Å². The van der Waals surface area contributed by atoms with Crippen LogP contribution in [-0.2, 0) is 13.2 Å². The van der Waals surface area contributed by atoms with Crippen molar-refractivity contribution in [3.63, 3.8) is 0 Å². The molecular formula is C25H37IN4O2. The highest BCUT2D eigenvalue weighted by molar-refractivity contribution is 14.0. The molecule has 3 rings (SSSR count). The lowest BCUT2D eigenvalue weighted by atomic mass is 9.72. The Kier molecular flexibility index (Phi) is 11.8. The van der Waals surface area contributed by atoms with Gasteiger partial charge in [-0.3, -0.25) is 0 Å². The molecule has 0 spiro atoms. The first-order chi connectivity index (χ1) is 15.2. The molecule has 0 bridgehead atoms. The van der Waals surface area contributed by atoms with Gasteiger partial charge in [0.15, 0.2) is 5.96 Å². The van der Waals surface area contributed by atoms with Crippen molar-refractivity contribution >= 4 is 29.9 Å². The van der Waals surface area contributed by atoms with E-state index in [0.717, 1.165) is 36.6 Å².